The highest BCUT2D eigenvalue weighted by Gasteiger charge is 2.17. The number of rotatable bonds is 2. The van der Waals surface area contributed by atoms with Crippen LogP contribution in [0.5, 0.6) is 5.75 Å². The molecular formula is C10H11BrF2O. The second kappa shape index (κ2) is 4.26. The van der Waals surface area contributed by atoms with Crippen LogP contribution in [0.4, 0.5) is 8.78 Å². The normalized spacial score (nSPS) is 10.8. The summed E-state index contributed by atoms with van der Waals surface area (Å²) in [6.07, 6.45) is -0.192. The van der Waals surface area contributed by atoms with Crippen molar-refractivity contribution < 1.29 is 13.5 Å². The highest BCUT2D eigenvalue weighted by Crippen LogP contribution is 2.32. The van der Waals surface area contributed by atoms with Crippen LogP contribution in [0.3, 0.4) is 0 Å². The van der Waals surface area contributed by atoms with E-state index in [-0.39, 0.29) is 17.4 Å². The Kier molecular flexibility index (Phi) is 3.48. The maximum absolute atomic E-state index is 13.4. The standard InChI is InChI=1S/C10H11BrF2O/c1-5(2)14-10-7(11)4-6(3)8(12)9(10)13/h4-5H,1-3H3. The molecule has 0 atom stereocenters. The molecule has 0 bridgehead atoms. The summed E-state index contributed by atoms with van der Waals surface area (Å²) in [5.41, 5.74) is 0.255. The number of hydrogen-bond acceptors (Lipinski definition) is 1. The van der Waals surface area contributed by atoms with Gasteiger partial charge >= 0.3 is 0 Å². The summed E-state index contributed by atoms with van der Waals surface area (Å²) in [5, 5.41) is 0. The Balaban J connectivity index is 3.22. The summed E-state index contributed by atoms with van der Waals surface area (Å²) in [5.74, 6) is -1.86. The monoisotopic (exact) mass is 264 g/mol. The zero-order chi connectivity index (χ0) is 10.9. The first-order valence-electron chi connectivity index (χ1n) is 4.24. The van der Waals surface area contributed by atoms with E-state index >= 15 is 0 Å². The average molecular weight is 265 g/mol. The van der Waals surface area contributed by atoms with Crippen molar-refractivity contribution in [1.82, 2.24) is 0 Å². The molecule has 0 spiro atoms. The van der Waals surface area contributed by atoms with E-state index in [1.807, 2.05) is 0 Å². The summed E-state index contributed by atoms with van der Waals surface area (Å²) in [7, 11) is 0. The van der Waals surface area contributed by atoms with E-state index < -0.39 is 11.6 Å². The fourth-order valence-electron chi connectivity index (χ4n) is 1.04. The first kappa shape index (κ1) is 11.4. The fourth-order valence-corrected chi connectivity index (χ4v) is 1.65. The number of benzene rings is 1. The van der Waals surface area contributed by atoms with Crippen molar-refractivity contribution in [3.8, 4) is 5.75 Å². The van der Waals surface area contributed by atoms with E-state index in [4.69, 9.17) is 4.74 Å². The Morgan fingerprint density at radius 3 is 2.36 bits per heavy atom. The molecule has 78 valence electrons. The van der Waals surface area contributed by atoms with Crippen LogP contribution >= 0.6 is 15.9 Å². The molecule has 0 aliphatic heterocycles. The minimum Gasteiger partial charge on any atom is -0.487 e. The van der Waals surface area contributed by atoms with Gasteiger partial charge in [0.15, 0.2) is 11.6 Å². The van der Waals surface area contributed by atoms with Crippen LogP contribution in [0, 0.1) is 18.6 Å². The Morgan fingerprint density at radius 2 is 1.86 bits per heavy atom. The van der Waals surface area contributed by atoms with Crippen LogP contribution in [0.2, 0.25) is 0 Å². The molecule has 0 heterocycles. The quantitative estimate of drug-likeness (QED) is 0.738. The predicted octanol–water partition coefficient (Wildman–Crippen LogP) is 3.82. The third-order valence-electron chi connectivity index (χ3n) is 1.65. The zero-order valence-corrected chi connectivity index (χ0v) is 9.78. The smallest absolute Gasteiger partial charge is 0.202 e. The van der Waals surface area contributed by atoms with Crippen molar-refractivity contribution in [2.75, 3.05) is 0 Å². The van der Waals surface area contributed by atoms with Crippen molar-refractivity contribution in [2.24, 2.45) is 0 Å². The Bertz CT molecular complexity index is 350. The molecule has 1 nitrogen and oxygen atoms in total. The van der Waals surface area contributed by atoms with Crippen LogP contribution in [0.1, 0.15) is 19.4 Å². The molecule has 1 aromatic rings. The molecule has 4 heteroatoms. The van der Waals surface area contributed by atoms with E-state index in [1.54, 1.807) is 13.8 Å². The lowest BCUT2D eigenvalue weighted by Gasteiger charge is -2.13. The lowest BCUT2D eigenvalue weighted by atomic mass is 10.2. The van der Waals surface area contributed by atoms with Gasteiger partial charge in [-0.05, 0) is 48.3 Å². The molecule has 0 saturated heterocycles. The third-order valence-corrected chi connectivity index (χ3v) is 2.24. The minimum atomic E-state index is -0.939. The molecule has 0 unspecified atom stereocenters. The summed E-state index contributed by atoms with van der Waals surface area (Å²) in [6, 6.07) is 1.50. The first-order chi connectivity index (χ1) is 6.43. The lowest BCUT2D eigenvalue weighted by Crippen LogP contribution is -2.09. The highest BCUT2D eigenvalue weighted by atomic mass is 79.9. The van der Waals surface area contributed by atoms with Crippen LogP contribution in [0.15, 0.2) is 10.5 Å². The molecular weight excluding hydrogens is 254 g/mol. The molecule has 14 heavy (non-hydrogen) atoms. The Morgan fingerprint density at radius 1 is 1.29 bits per heavy atom. The van der Waals surface area contributed by atoms with Gasteiger partial charge in [-0.3, -0.25) is 0 Å². The van der Waals surface area contributed by atoms with Gasteiger partial charge in [0.2, 0.25) is 5.82 Å². The van der Waals surface area contributed by atoms with Crippen molar-refractivity contribution in [2.45, 2.75) is 26.9 Å². The molecule has 0 radical (unpaired) electrons. The van der Waals surface area contributed by atoms with Crippen LogP contribution in [0.25, 0.3) is 0 Å². The first-order valence-corrected chi connectivity index (χ1v) is 5.03. The maximum atomic E-state index is 13.4. The van der Waals surface area contributed by atoms with E-state index in [0.717, 1.165) is 0 Å². The second-order valence-electron chi connectivity index (χ2n) is 3.30. The van der Waals surface area contributed by atoms with Gasteiger partial charge in [0.05, 0.1) is 10.6 Å². The molecule has 1 rings (SSSR count). The molecule has 0 amide bonds. The van der Waals surface area contributed by atoms with Crippen LogP contribution in [-0.4, -0.2) is 6.10 Å². The van der Waals surface area contributed by atoms with Crippen LogP contribution < -0.4 is 4.74 Å². The Hall–Kier alpha value is -0.640. The average Bonchev–Trinajstić information content (AvgIpc) is 2.09. The maximum Gasteiger partial charge on any atom is 0.202 e. The summed E-state index contributed by atoms with van der Waals surface area (Å²) in [6.45, 7) is 5.01. The predicted molar refractivity (Wildman–Crippen MR) is 54.6 cm³/mol. The van der Waals surface area contributed by atoms with Crippen molar-refractivity contribution in [1.29, 1.82) is 0 Å². The highest BCUT2D eigenvalue weighted by molar-refractivity contribution is 9.10. The van der Waals surface area contributed by atoms with Gasteiger partial charge in [0, 0.05) is 0 Å². The number of aryl methyl sites for hydroxylation is 1. The molecule has 0 N–H and O–H groups in total. The minimum absolute atomic E-state index is 0.0666. The largest absolute Gasteiger partial charge is 0.487 e. The number of ether oxygens (including phenoxy) is 1. The van der Waals surface area contributed by atoms with Gasteiger partial charge in [-0.25, -0.2) is 4.39 Å². The van der Waals surface area contributed by atoms with Crippen molar-refractivity contribution in [3.63, 3.8) is 0 Å². The van der Waals surface area contributed by atoms with Gasteiger partial charge in [0.1, 0.15) is 0 Å². The van der Waals surface area contributed by atoms with Gasteiger partial charge in [-0.1, -0.05) is 0 Å². The van der Waals surface area contributed by atoms with Crippen LogP contribution in [-0.2, 0) is 0 Å². The third kappa shape index (κ3) is 2.23. The molecule has 0 saturated carbocycles. The van der Waals surface area contributed by atoms with Gasteiger partial charge in [-0.2, -0.15) is 4.39 Å². The SMILES string of the molecule is Cc1cc(Br)c(OC(C)C)c(F)c1F. The summed E-state index contributed by atoms with van der Waals surface area (Å²) < 4.78 is 32.1. The summed E-state index contributed by atoms with van der Waals surface area (Å²) >= 11 is 3.13. The summed E-state index contributed by atoms with van der Waals surface area (Å²) in [4.78, 5) is 0. The molecule has 1 aromatic carbocycles. The Labute approximate surface area is 90.2 Å². The number of hydrogen-bond donors (Lipinski definition) is 0. The topological polar surface area (TPSA) is 9.23 Å². The van der Waals surface area contributed by atoms with Gasteiger partial charge < -0.3 is 4.74 Å². The molecule has 0 aromatic heterocycles. The lowest BCUT2D eigenvalue weighted by molar-refractivity contribution is 0.226. The van der Waals surface area contributed by atoms with E-state index in [2.05, 4.69) is 15.9 Å². The zero-order valence-electron chi connectivity index (χ0n) is 8.20. The fraction of sp³-hybridized carbons (Fsp3) is 0.400. The van der Waals surface area contributed by atoms with E-state index in [1.165, 1.54) is 13.0 Å². The van der Waals surface area contributed by atoms with Gasteiger partial charge in [-0.15, -0.1) is 0 Å². The van der Waals surface area contributed by atoms with E-state index in [9.17, 15) is 8.78 Å². The number of halogens is 3. The second-order valence-corrected chi connectivity index (χ2v) is 4.15. The van der Waals surface area contributed by atoms with Crippen molar-refractivity contribution in [3.05, 3.63) is 27.7 Å². The molecule has 0 aliphatic rings. The van der Waals surface area contributed by atoms with Crippen molar-refractivity contribution >= 4 is 15.9 Å². The molecule has 0 fully saturated rings. The molecule has 0 aliphatic carbocycles. The van der Waals surface area contributed by atoms with Gasteiger partial charge in [0.25, 0.3) is 0 Å². The van der Waals surface area contributed by atoms with E-state index in [0.29, 0.717) is 4.47 Å².